The molecule has 1 fully saturated rings. The zero-order valence-corrected chi connectivity index (χ0v) is 19.5. The number of amides is 2. The minimum Gasteiger partial charge on any atom is -0.352 e. The standard InChI is InChI=1S/C27H30N4O3/c1-20-8-10-21(11-9-20)17-29-26(33)23-18-30(16-12-22-7-3-4-13-28-22)19-24(25(23)32)27(34)31-14-5-2-6-15-31/h3-4,7-11,13,18-19H,2,5-6,12,14-17H2,1H3,(H,29,33). The van der Waals surface area contributed by atoms with E-state index in [1.807, 2.05) is 49.4 Å². The maximum absolute atomic E-state index is 13.2. The van der Waals surface area contributed by atoms with Gasteiger partial charge in [0.05, 0.1) is 0 Å². The second kappa shape index (κ2) is 10.9. The Labute approximate surface area is 199 Å². The molecule has 1 aliphatic heterocycles. The number of carbonyl (C=O) groups excluding carboxylic acids is 2. The molecule has 1 N–H and O–H groups in total. The van der Waals surface area contributed by atoms with Gasteiger partial charge in [0.1, 0.15) is 11.1 Å². The molecule has 0 saturated carbocycles. The predicted molar refractivity (Wildman–Crippen MR) is 131 cm³/mol. The SMILES string of the molecule is Cc1ccc(CNC(=O)c2cn(CCc3ccccn3)cc(C(=O)N3CCCCC3)c2=O)cc1. The number of hydrogen-bond acceptors (Lipinski definition) is 4. The summed E-state index contributed by atoms with van der Waals surface area (Å²) in [5.74, 6) is -0.782. The van der Waals surface area contributed by atoms with Crippen LogP contribution in [0.5, 0.6) is 0 Å². The Balaban J connectivity index is 1.59. The molecule has 4 rings (SSSR count). The first-order valence-electron chi connectivity index (χ1n) is 11.8. The van der Waals surface area contributed by atoms with Crippen molar-refractivity contribution in [3.63, 3.8) is 0 Å². The molecular formula is C27H30N4O3. The molecule has 3 aromatic rings. The minimum atomic E-state index is -0.522. The Bertz CT molecular complexity index is 1200. The van der Waals surface area contributed by atoms with Crippen molar-refractivity contribution in [3.05, 3.63) is 99.2 Å². The van der Waals surface area contributed by atoms with Crippen LogP contribution in [-0.4, -0.2) is 39.4 Å². The van der Waals surface area contributed by atoms with Crippen LogP contribution in [0.2, 0.25) is 0 Å². The second-order valence-corrected chi connectivity index (χ2v) is 8.74. The average Bonchev–Trinajstić information content (AvgIpc) is 2.88. The first kappa shape index (κ1) is 23.4. The van der Waals surface area contributed by atoms with Gasteiger partial charge in [0.2, 0.25) is 5.43 Å². The van der Waals surface area contributed by atoms with Crippen molar-refractivity contribution in [3.8, 4) is 0 Å². The van der Waals surface area contributed by atoms with Crippen molar-refractivity contribution >= 4 is 11.8 Å². The fourth-order valence-electron chi connectivity index (χ4n) is 4.11. The van der Waals surface area contributed by atoms with Crippen molar-refractivity contribution in [2.45, 2.75) is 45.7 Å². The van der Waals surface area contributed by atoms with Crippen molar-refractivity contribution in [2.24, 2.45) is 0 Å². The largest absolute Gasteiger partial charge is 0.352 e. The zero-order valence-electron chi connectivity index (χ0n) is 19.5. The van der Waals surface area contributed by atoms with E-state index < -0.39 is 11.3 Å². The smallest absolute Gasteiger partial charge is 0.259 e. The third-order valence-corrected chi connectivity index (χ3v) is 6.12. The first-order valence-corrected chi connectivity index (χ1v) is 11.8. The summed E-state index contributed by atoms with van der Waals surface area (Å²) in [6.07, 6.45) is 8.41. The highest BCUT2D eigenvalue weighted by atomic mass is 16.2. The van der Waals surface area contributed by atoms with Gasteiger partial charge in [-0.05, 0) is 43.9 Å². The number of carbonyl (C=O) groups is 2. The number of nitrogens with zero attached hydrogens (tertiary/aromatic N) is 3. The Kier molecular flexibility index (Phi) is 7.52. The van der Waals surface area contributed by atoms with Gasteiger partial charge in [0, 0.05) is 56.9 Å². The number of benzene rings is 1. The third kappa shape index (κ3) is 5.78. The predicted octanol–water partition coefficient (Wildman–Crippen LogP) is 3.35. The highest BCUT2D eigenvalue weighted by Gasteiger charge is 2.24. The van der Waals surface area contributed by atoms with E-state index in [-0.39, 0.29) is 17.0 Å². The van der Waals surface area contributed by atoms with E-state index in [9.17, 15) is 14.4 Å². The highest BCUT2D eigenvalue weighted by molar-refractivity contribution is 5.99. The average molecular weight is 459 g/mol. The van der Waals surface area contributed by atoms with Crippen LogP contribution in [0.3, 0.4) is 0 Å². The van der Waals surface area contributed by atoms with Crippen LogP contribution in [0.1, 0.15) is 56.8 Å². The van der Waals surface area contributed by atoms with Crippen molar-refractivity contribution < 1.29 is 9.59 Å². The van der Waals surface area contributed by atoms with Gasteiger partial charge >= 0.3 is 0 Å². The Morgan fingerprint density at radius 2 is 1.71 bits per heavy atom. The van der Waals surface area contributed by atoms with Gasteiger partial charge in [0.25, 0.3) is 11.8 Å². The Morgan fingerprint density at radius 1 is 0.971 bits per heavy atom. The molecule has 3 heterocycles. The summed E-state index contributed by atoms with van der Waals surface area (Å²) >= 11 is 0. The number of aromatic nitrogens is 2. The van der Waals surface area contributed by atoms with Gasteiger partial charge in [0.15, 0.2) is 0 Å². The van der Waals surface area contributed by atoms with Crippen LogP contribution in [-0.2, 0) is 19.5 Å². The molecule has 7 heteroatoms. The van der Waals surface area contributed by atoms with Gasteiger partial charge in [-0.2, -0.15) is 0 Å². The Hall–Kier alpha value is -3.74. The van der Waals surface area contributed by atoms with Gasteiger partial charge in [-0.15, -0.1) is 0 Å². The van der Waals surface area contributed by atoms with E-state index in [0.717, 1.165) is 36.1 Å². The number of piperidine rings is 1. The molecule has 0 aliphatic carbocycles. The number of rotatable bonds is 7. The maximum atomic E-state index is 13.2. The fourth-order valence-corrected chi connectivity index (χ4v) is 4.11. The van der Waals surface area contributed by atoms with E-state index in [4.69, 9.17) is 0 Å². The van der Waals surface area contributed by atoms with E-state index >= 15 is 0 Å². The molecule has 2 amide bonds. The topological polar surface area (TPSA) is 84.3 Å². The fraction of sp³-hybridized carbons (Fsp3) is 0.333. The number of nitrogens with one attached hydrogen (secondary N) is 1. The molecule has 176 valence electrons. The van der Waals surface area contributed by atoms with Gasteiger partial charge in [-0.1, -0.05) is 35.9 Å². The van der Waals surface area contributed by atoms with Gasteiger partial charge < -0.3 is 14.8 Å². The van der Waals surface area contributed by atoms with Crippen LogP contribution in [0.25, 0.3) is 0 Å². The molecule has 1 aliphatic rings. The molecular weight excluding hydrogens is 428 g/mol. The lowest BCUT2D eigenvalue weighted by atomic mass is 10.1. The molecule has 2 aromatic heterocycles. The zero-order chi connectivity index (χ0) is 23.9. The summed E-state index contributed by atoms with van der Waals surface area (Å²) in [6, 6.07) is 13.5. The normalized spacial score (nSPS) is 13.5. The van der Waals surface area contributed by atoms with Crippen LogP contribution in [0.15, 0.2) is 65.8 Å². The van der Waals surface area contributed by atoms with Crippen molar-refractivity contribution in [1.29, 1.82) is 0 Å². The molecule has 0 spiro atoms. The number of pyridine rings is 2. The second-order valence-electron chi connectivity index (χ2n) is 8.74. The van der Waals surface area contributed by atoms with Crippen LogP contribution in [0, 0.1) is 6.92 Å². The van der Waals surface area contributed by atoms with E-state index in [2.05, 4.69) is 10.3 Å². The monoisotopic (exact) mass is 458 g/mol. The summed E-state index contributed by atoms with van der Waals surface area (Å²) in [6.45, 7) is 4.07. The number of likely N-dealkylation sites (tertiary alicyclic amines) is 1. The molecule has 0 bridgehead atoms. The molecule has 1 saturated heterocycles. The third-order valence-electron chi connectivity index (χ3n) is 6.12. The lowest BCUT2D eigenvalue weighted by molar-refractivity contribution is 0.0722. The summed E-state index contributed by atoms with van der Waals surface area (Å²) < 4.78 is 1.76. The van der Waals surface area contributed by atoms with Crippen LogP contribution in [0.4, 0.5) is 0 Å². The molecule has 1 aromatic carbocycles. The first-order chi connectivity index (χ1) is 16.5. The summed E-state index contributed by atoms with van der Waals surface area (Å²) in [5, 5.41) is 2.83. The maximum Gasteiger partial charge on any atom is 0.259 e. The van der Waals surface area contributed by atoms with E-state index in [1.165, 1.54) is 0 Å². The van der Waals surface area contributed by atoms with Crippen molar-refractivity contribution in [2.75, 3.05) is 13.1 Å². The van der Waals surface area contributed by atoms with Gasteiger partial charge in [-0.25, -0.2) is 0 Å². The summed E-state index contributed by atoms with van der Waals surface area (Å²) in [4.78, 5) is 45.5. The number of aryl methyl sites for hydroxylation is 3. The van der Waals surface area contributed by atoms with Crippen LogP contribution < -0.4 is 10.7 Å². The lowest BCUT2D eigenvalue weighted by Gasteiger charge is -2.26. The molecule has 0 radical (unpaired) electrons. The molecule has 7 nitrogen and oxygen atoms in total. The quantitative estimate of drug-likeness (QED) is 0.589. The summed E-state index contributed by atoms with van der Waals surface area (Å²) in [5.41, 5.74) is 2.48. The van der Waals surface area contributed by atoms with Gasteiger partial charge in [-0.3, -0.25) is 19.4 Å². The lowest BCUT2D eigenvalue weighted by Crippen LogP contribution is -2.40. The summed E-state index contributed by atoms with van der Waals surface area (Å²) in [7, 11) is 0. The Morgan fingerprint density at radius 3 is 2.41 bits per heavy atom. The van der Waals surface area contributed by atoms with E-state index in [1.54, 1.807) is 28.1 Å². The molecule has 0 unspecified atom stereocenters. The minimum absolute atomic E-state index is 0.0176. The molecule has 0 atom stereocenters. The number of hydrogen-bond donors (Lipinski definition) is 1. The van der Waals surface area contributed by atoms with Crippen molar-refractivity contribution in [1.82, 2.24) is 19.8 Å². The highest BCUT2D eigenvalue weighted by Crippen LogP contribution is 2.13. The van der Waals surface area contributed by atoms with E-state index in [0.29, 0.717) is 32.6 Å². The molecule has 34 heavy (non-hydrogen) atoms. The van der Waals surface area contributed by atoms with Crippen LogP contribution >= 0.6 is 0 Å².